The van der Waals surface area contributed by atoms with E-state index in [2.05, 4.69) is 20.1 Å². The van der Waals surface area contributed by atoms with E-state index < -0.39 is 7.60 Å². The van der Waals surface area contributed by atoms with Gasteiger partial charge in [-0.05, 0) is 20.8 Å². The Morgan fingerprint density at radius 3 is 2.63 bits per heavy atom. The van der Waals surface area contributed by atoms with Crippen molar-refractivity contribution in [2.75, 3.05) is 33.7 Å². The van der Waals surface area contributed by atoms with Crippen LogP contribution in [-0.2, 0) is 24.9 Å². The van der Waals surface area contributed by atoms with Crippen LogP contribution in [0.3, 0.4) is 0 Å². The van der Waals surface area contributed by atoms with Gasteiger partial charge in [0, 0.05) is 14.1 Å². The Kier molecular flexibility index (Phi) is 7.85. The SMILES string of the molecule is CCOP(=O)(CO[C@H](C)Cn1ncc2c(N=CN(C)C)ncnc21)OCC. The molecule has 0 aliphatic carbocycles. The highest BCUT2D eigenvalue weighted by Gasteiger charge is 2.25. The fourth-order valence-corrected chi connectivity index (χ4v) is 3.75. The second-order valence-corrected chi connectivity index (χ2v) is 8.02. The molecule has 27 heavy (non-hydrogen) atoms. The van der Waals surface area contributed by atoms with Crippen LogP contribution in [0.15, 0.2) is 17.5 Å². The number of nitrogens with zero attached hydrogens (tertiary/aromatic N) is 6. The van der Waals surface area contributed by atoms with Crippen LogP contribution in [0.5, 0.6) is 0 Å². The highest BCUT2D eigenvalue weighted by Crippen LogP contribution is 2.48. The summed E-state index contributed by atoms with van der Waals surface area (Å²) in [6, 6.07) is 0. The molecule has 0 N–H and O–H groups in total. The molecule has 0 unspecified atom stereocenters. The lowest BCUT2D eigenvalue weighted by Gasteiger charge is -2.20. The normalized spacial score (nSPS) is 13.5. The van der Waals surface area contributed by atoms with Gasteiger partial charge in [-0.2, -0.15) is 5.10 Å². The van der Waals surface area contributed by atoms with E-state index in [0.717, 1.165) is 5.39 Å². The molecule has 150 valence electrons. The van der Waals surface area contributed by atoms with Crippen LogP contribution in [0.25, 0.3) is 11.0 Å². The largest absolute Gasteiger partial charge is 0.369 e. The molecule has 0 aliphatic heterocycles. The Hall–Kier alpha value is -1.87. The molecule has 2 rings (SSSR count). The van der Waals surface area contributed by atoms with Gasteiger partial charge in [0.25, 0.3) is 0 Å². The zero-order chi connectivity index (χ0) is 19.9. The average molecular weight is 398 g/mol. The van der Waals surface area contributed by atoms with Crippen molar-refractivity contribution in [2.45, 2.75) is 33.4 Å². The summed E-state index contributed by atoms with van der Waals surface area (Å²) >= 11 is 0. The molecule has 11 heteroatoms. The van der Waals surface area contributed by atoms with Crippen molar-refractivity contribution in [2.24, 2.45) is 4.99 Å². The van der Waals surface area contributed by atoms with Crippen LogP contribution in [-0.4, -0.2) is 70.7 Å². The van der Waals surface area contributed by atoms with Crippen molar-refractivity contribution < 1.29 is 18.3 Å². The van der Waals surface area contributed by atoms with E-state index >= 15 is 0 Å². The van der Waals surface area contributed by atoms with E-state index in [1.165, 1.54) is 6.33 Å². The predicted molar refractivity (Wildman–Crippen MR) is 103 cm³/mol. The van der Waals surface area contributed by atoms with Gasteiger partial charge in [-0.15, -0.1) is 0 Å². The van der Waals surface area contributed by atoms with Crippen LogP contribution < -0.4 is 0 Å². The highest BCUT2D eigenvalue weighted by molar-refractivity contribution is 7.53. The summed E-state index contributed by atoms with van der Waals surface area (Å²) in [5.41, 5.74) is 0.657. The summed E-state index contributed by atoms with van der Waals surface area (Å²) in [5.74, 6) is 0.547. The molecule has 0 bridgehead atoms. The molecule has 2 aromatic heterocycles. The van der Waals surface area contributed by atoms with Gasteiger partial charge in [0.1, 0.15) is 12.7 Å². The van der Waals surface area contributed by atoms with Crippen LogP contribution in [0, 0.1) is 0 Å². The standard InChI is InChI=1S/C16H27N6O4P/c1-6-25-27(23,26-7-2)12-24-13(3)9-22-16-14(8-20-22)15(17-10-18-16)19-11-21(4)5/h8,10-11,13H,6-7,9,12H2,1-5H3/t13-/m1/s1. The summed E-state index contributed by atoms with van der Waals surface area (Å²) in [7, 11) is 0.526. The molecule has 0 saturated carbocycles. The summed E-state index contributed by atoms with van der Waals surface area (Å²) in [5, 5.41) is 5.10. The van der Waals surface area contributed by atoms with Gasteiger partial charge in [-0.3, -0.25) is 4.57 Å². The maximum atomic E-state index is 12.5. The quantitative estimate of drug-likeness (QED) is 0.323. The Morgan fingerprint density at radius 2 is 2.00 bits per heavy atom. The van der Waals surface area contributed by atoms with Crippen molar-refractivity contribution in [3.8, 4) is 0 Å². The Morgan fingerprint density at radius 1 is 1.30 bits per heavy atom. The average Bonchev–Trinajstić information content (AvgIpc) is 3.02. The molecule has 1 atom stereocenters. The Bertz CT molecular complexity index is 799. The number of ether oxygens (including phenoxy) is 1. The molecular formula is C16H27N6O4P. The number of hydrogen-bond donors (Lipinski definition) is 0. The first-order chi connectivity index (χ1) is 12.9. The van der Waals surface area contributed by atoms with Gasteiger partial charge in [-0.1, -0.05) is 0 Å². The maximum Gasteiger partial charge on any atom is 0.356 e. The lowest BCUT2D eigenvalue weighted by Crippen LogP contribution is -2.19. The van der Waals surface area contributed by atoms with Gasteiger partial charge in [-0.25, -0.2) is 19.6 Å². The minimum Gasteiger partial charge on any atom is -0.369 e. The van der Waals surface area contributed by atoms with E-state index in [0.29, 0.717) is 31.2 Å². The number of hydrogen-bond acceptors (Lipinski definition) is 8. The minimum atomic E-state index is -3.24. The Labute approximate surface area is 159 Å². The molecule has 0 aliphatic rings. The van der Waals surface area contributed by atoms with Crippen LogP contribution in [0.4, 0.5) is 5.82 Å². The van der Waals surface area contributed by atoms with E-state index in [4.69, 9.17) is 13.8 Å². The first-order valence-corrected chi connectivity index (χ1v) is 10.5. The molecule has 0 saturated heterocycles. The van der Waals surface area contributed by atoms with Gasteiger partial charge in [0.2, 0.25) is 0 Å². The van der Waals surface area contributed by atoms with Gasteiger partial charge >= 0.3 is 7.60 Å². The number of aromatic nitrogens is 4. The van der Waals surface area contributed by atoms with E-state index in [9.17, 15) is 4.57 Å². The third kappa shape index (κ3) is 6.07. The predicted octanol–water partition coefficient (Wildman–Crippen LogP) is 2.68. The summed E-state index contributed by atoms with van der Waals surface area (Å²) < 4.78 is 30.3. The molecule has 2 aromatic rings. The molecule has 0 aromatic carbocycles. The van der Waals surface area contributed by atoms with E-state index in [1.54, 1.807) is 31.1 Å². The van der Waals surface area contributed by atoms with Crippen molar-refractivity contribution in [3.05, 3.63) is 12.5 Å². The van der Waals surface area contributed by atoms with Crippen molar-refractivity contribution in [3.63, 3.8) is 0 Å². The third-order valence-electron chi connectivity index (χ3n) is 3.42. The van der Waals surface area contributed by atoms with Crippen LogP contribution in [0.2, 0.25) is 0 Å². The molecular weight excluding hydrogens is 371 g/mol. The fourth-order valence-electron chi connectivity index (χ4n) is 2.31. The lowest BCUT2D eigenvalue weighted by atomic mass is 10.4. The van der Waals surface area contributed by atoms with Crippen LogP contribution in [0.1, 0.15) is 20.8 Å². The van der Waals surface area contributed by atoms with Crippen LogP contribution >= 0.6 is 7.60 Å². The number of rotatable bonds is 11. The smallest absolute Gasteiger partial charge is 0.356 e. The second-order valence-electron chi connectivity index (χ2n) is 6.02. The second kappa shape index (κ2) is 9.89. The maximum absolute atomic E-state index is 12.5. The minimum absolute atomic E-state index is 0.109. The molecule has 0 amide bonds. The van der Waals surface area contributed by atoms with E-state index in [-0.39, 0.29) is 12.5 Å². The zero-order valence-corrected chi connectivity index (χ0v) is 17.3. The zero-order valence-electron chi connectivity index (χ0n) is 16.4. The van der Waals surface area contributed by atoms with Gasteiger partial charge in [0.05, 0.1) is 43.8 Å². The lowest BCUT2D eigenvalue weighted by molar-refractivity contribution is 0.0650. The first-order valence-electron chi connectivity index (χ1n) is 8.75. The summed E-state index contributed by atoms with van der Waals surface area (Å²) in [6.07, 6.45) is 4.42. The fraction of sp³-hybridized carbons (Fsp3) is 0.625. The Balaban J connectivity index is 2.08. The van der Waals surface area contributed by atoms with Crippen molar-refractivity contribution >= 4 is 30.8 Å². The summed E-state index contributed by atoms with van der Waals surface area (Å²) in [4.78, 5) is 14.6. The molecule has 2 heterocycles. The monoisotopic (exact) mass is 398 g/mol. The number of fused-ring (bicyclic) bond motifs is 1. The molecule has 0 spiro atoms. The molecule has 10 nitrogen and oxygen atoms in total. The third-order valence-corrected chi connectivity index (χ3v) is 5.19. The van der Waals surface area contributed by atoms with E-state index in [1.807, 2.05) is 25.9 Å². The van der Waals surface area contributed by atoms with Gasteiger partial charge < -0.3 is 18.7 Å². The first kappa shape index (κ1) is 21.4. The molecule has 0 fully saturated rings. The van der Waals surface area contributed by atoms with Gasteiger partial charge in [0.15, 0.2) is 11.5 Å². The van der Waals surface area contributed by atoms with Crippen molar-refractivity contribution in [1.29, 1.82) is 0 Å². The molecule has 0 radical (unpaired) electrons. The number of aliphatic imine (C=N–C) groups is 1. The summed E-state index contributed by atoms with van der Waals surface area (Å²) in [6.45, 7) is 6.41. The topological polar surface area (TPSA) is 104 Å². The highest BCUT2D eigenvalue weighted by atomic mass is 31.2. The van der Waals surface area contributed by atoms with Crippen molar-refractivity contribution in [1.82, 2.24) is 24.6 Å².